The Kier molecular flexibility index (Phi) is 3.39. The molecule has 4 aromatic rings. The molecule has 0 bridgehead atoms. The number of aromatic carboxylic acids is 1. The van der Waals surface area contributed by atoms with E-state index >= 15 is 0 Å². The highest BCUT2D eigenvalue weighted by Crippen LogP contribution is 2.28. The third kappa shape index (κ3) is 2.05. The quantitative estimate of drug-likeness (QED) is 0.576. The van der Waals surface area contributed by atoms with Gasteiger partial charge in [0.25, 0.3) is 0 Å². The van der Waals surface area contributed by atoms with Gasteiger partial charge in [0.1, 0.15) is 0 Å². The highest BCUT2D eigenvalue weighted by Gasteiger charge is 2.08. The SMILES string of the molecule is Cl.O=C(O)c1cnc2c(cccc3c4ccnc4ccc32)c1. The second-order valence-electron chi connectivity index (χ2n) is 4.90. The summed E-state index contributed by atoms with van der Waals surface area (Å²) in [5.41, 5.74) is 1.94. The second-order valence-corrected chi connectivity index (χ2v) is 4.90. The maximum atomic E-state index is 11.1. The summed E-state index contributed by atoms with van der Waals surface area (Å²) in [7, 11) is 0. The molecule has 108 valence electrons. The topological polar surface area (TPSA) is 63.1 Å². The number of aromatic nitrogens is 2. The highest BCUT2D eigenvalue weighted by molar-refractivity contribution is 6.14. The Labute approximate surface area is 131 Å². The van der Waals surface area contributed by atoms with E-state index in [9.17, 15) is 4.79 Å². The molecule has 0 spiro atoms. The number of nitrogens with zero attached hydrogens (tertiary/aromatic N) is 2. The molecule has 0 amide bonds. The summed E-state index contributed by atoms with van der Waals surface area (Å²) in [4.78, 5) is 19.7. The van der Waals surface area contributed by atoms with Gasteiger partial charge in [-0.3, -0.25) is 9.97 Å². The lowest BCUT2D eigenvalue weighted by atomic mass is 10.1. The van der Waals surface area contributed by atoms with Crippen LogP contribution in [0.25, 0.3) is 32.6 Å². The van der Waals surface area contributed by atoms with Gasteiger partial charge in [0.15, 0.2) is 0 Å². The molecule has 2 heterocycles. The van der Waals surface area contributed by atoms with Crippen molar-refractivity contribution < 1.29 is 9.90 Å². The summed E-state index contributed by atoms with van der Waals surface area (Å²) in [6.07, 6.45) is 3.19. The molecule has 0 aliphatic carbocycles. The minimum absolute atomic E-state index is 0. The van der Waals surface area contributed by atoms with Gasteiger partial charge >= 0.3 is 5.97 Å². The predicted molar refractivity (Wildman–Crippen MR) is 88.8 cm³/mol. The number of fused-ring (bicyclic) bond motifs is 5. The molecule has 2 aromatic carbocycles. The lowest BCUT2D eigenvalue weighted by molar-refractivity contribution is 0.0696. The molecule has 5 heteroatoms. The van der Waals surface area contributed by atoms with Crippen molar-refractivity contribution in [1.29, 1.82) is 0 Å². The van der Waals surface area contributed by atoms with Crippen LogP contribution < -0.4 is 0 Å². The van der Waals surface area contributed by atoms with Gasteiger partial charge in [0.2, 0.25) is 0 Å². The van der Waals surface area contributed by atoms with E-state index in [1.54, 1.807) is 12.3 Å². The molecule has 0 fully saturated rings. The molecule has 4 nitrogen and oxygen atoms in total. The maximum absolute atomic E-state index is 11.1. The second kappa shape index (κ2) is 5.24. The number of halogens is 1. The van der Waals surface area contributed by atoms with Crippen molar-refractivity contribution in [3.05, 3.63) is 60.4 Å². The summed E-state index contributed by atoms with van der Waals surface area (Å²) in [5.74, 6) is -0.970. The number of benzene rings is 1. The van der Waals surface area contributed by atoms with Crippen molar-refractivity contribution >= 4 is 51.0 Å². The number of hydrogen-bond acceptors (Lipinski definition) is 3. The standard InChI is InChI=1S/C17H10N2O2.ClH/c20-17(21)11-8-10-2-1-3-12-13-6-7-18-15(13)5-4-14(12)16(10)19-9-11;/h1-9H,(H,20,21);1H. The Morgan fingerprint density at radius 1 is 0.955 bits per heavy atom. The minimum Gasteiger partial charge on any atom is -0.478 e. The molecule has 2 aromatic heterocycles. The molecular weight excluding hydrogens is 300 g/mol. The Balaban J connectivity index is 0.00000144. The van der Waals surface area contributed by atoms with E-state index in [-0.39, 0.29) is 18.0 Å². The fourth-order valence-electron chi connectivity index (χ4n) is 2.69. The normalized spacial score (nSPS) is 10.7. The zero-order valence-electron chi connectivity index (χ0n) is 11.4. The number of hydrogen-bond donors (Lipinski definition) is 1. The van der Waals surface area contributed by atoms with Crippen LogP contribution in [0.15, 0.2) is 54.9 Å². The van der Waals surface area contributed by atoms with Crippen LogP contribution in [0.2, 0.25) is 0 Å². The Hall–Kier alpha value is -2.72. The first-order chi connectivity index (χ1) is 10.2. The van der Waals surface area contributed by atoms with E-state index in [0.717, 1.165) is 32.6 Å². The number of carboxylic acids is 1. The molecule has 0 saturated heterocycles. The van der Waals surface area contributed by atoms with Crippen molar-refractivity contribution in [2.75, 3.05) is 0 Å². The third-order valence-corrected chi connectivity index (χ3v) is 3.68. The molecule has 0 atom stereocenters. The summed E-state index contributed by atoms with van der Waals surface area (Å²) >= 11 is 0. The van der Waals surface area contributed by atoms with E-state index in [1.807, 2.05) is 36.4 Å². The molecular formula is C17H11ClN2O2. The van der Waals surface area contributed by atoms with Crippen molar-refractivity contribution in [1.82, 2.24) is 9.97 Å². The molecule has 22 heavy (non-hydrogen) atoms. The van der Waals surface area contributed by atoms with Crippen LogP contribution in [0.4, 0.5) is 0 Å². The maximum Gasteiger partial charge on any atom is 0.337 e. The minimum atomic E-state index is -0.970. The van der Waals surface area contributed by atoms with E-state index in [4.69, 9.17) is 5.11 Å². The van der Waals surface area contributed by atoms with Crippen molar-refractivity contribution in [3.8, 4) is 0 Å². The molecule has 0 saturated carbocycles. The molecule has 0 radical (unpaired) electrons. The van der Waals surface area contributed by atoms with Crippen LogP contribution in [0.3, 0.4) is 0 Å². The smallest absolute Gasteiger partial charge is 0.337 e. The van der Waals surface area contributed by atoms with E-state index < -0.39 is 5.97 Å². The van der Waals surface area contributed by atoms with Gasteiger partial charge in [-0.2, -0.15) is 0 Å². The van der Waals surface area contributed by atoms with Gasteiger partial charge in [-0.15, -0.1) is 12.4 Å². The first-order valence-electron chi connectivity index (χ1n) is 6.53. The number of carbonyl (C=O) groups is 1. The summed E-state index contributed by atoms with van der Waals surface area (Å²) < 4.78 is 0. The summed E-state index contributed by atoms with van der Waals surface area (Å²) in [5, 5.41) is 13.0. The highest BCUT2D eigenvalue weighted by atomic mass is 35.5. The van der Waals surface area contributed by atoms with Gasteiger partial charge in [0.05, 0.1) is 16.6 Å². The fraction of sp³-hybridized carbons (Fsp3) is 0. The van der Waals surface area contributed by atoms with E-state index in [2.05, 4.69) is 9.97 Å². The number of rotatable bonds is 1. The monoisotopic (exact) mass is 310 g/mol. The van der Waals surface area contributed by atoms with Crippen molar-refractivity contribution in [2.45, 2.75) is 0 Å². The number of pyridine rings is 1. The Bertz CT molecular complexity index is 1030. The van der Waals surface area contributed by atoms with Gasteiger partial charge < -0.3 is 5.11 Å². The largest absolute Gasteiger partial charge is 0.478 e. The average molecular weight is 311 g/mol. The van der Waals surface area contributed by atoms with Crippen LogP contribution >= 0.6 is 12.4 Å². The van der Waals surface area contributed by atoms with E-state index in [0.29, 0.717) is 0 Å². The number of carboxylic acid groups (broad SMARTS) is 1. The van der Waals surface area contributed by atoms with Crippen LogP contribution in [-0.4, -0.2) is 21.0 Å². The molecule has 1 N–H and O–H groups in total. The lowest BCUT2D eigenvalue weighted by Gasteiger charge is -2.00. The molecule has 4 rings (SSSR count). The van der Waals surface area contributed by atoms with Gasteiger partial charge in [0, 0.05) is 28.6 Å². The predicted octanol–water partition coefficient (Wildman–Crippen LogP) is 4.06. The third-order valence-electron chi connectivity index (χ3n) is 3.68. The Morgan fingerprint density at radius 2 is 1.82 bits per heavy atom. The van der Waals surface area contributed by atoms with Crippen LogP contribution in [0, 0.1) is 0 Å². The molecule has 0 aliphatic heterocycles. The molecule has 0 aliphatic rings. The zero-order chi connectivity index (χ0) is 14.4. The van der Waals surface area contributed by atoms with Crippen LogP contribution in [-0.2, 0) is 0 Å². The summed E-state index contributed by atoms with van der Waals surface area (Å²) in [6.45, 7) is 0. The van der Waals surface area contributed by atoms with Gasteiger partial charge in [-0.25, -0.2) is 4.79 Å². The zero-order valence-corrected chi connectivity index (χ0v) is 12.2. The summed E-state index contributed by atoms with van der Waals surface area (Å²) in [6, 6.07) is 13.4. The van der Waals surface area contributed by atoms with Gasteiger partial charge in [-0.05, 0) is 29.7 Å². The fourth-order valence-corrected chi connectivity index (χ4v) is 2.69. The van der Waals surface area contributed by atoms with Crippen molar-refractivity contribution in [2.24, 2.45) is 0 Å². The van der Waals surface area contributed by atoms with Crippen LogP contribution in [0.5, 0.6) is 0 Å². The van der Waals surface area contributed by atoms with Gasteiger partial charge in [-0.1, -0.05) is 18.2 Å². The lowest BCUT2D eigenvalue weighted by Crippen LogP contribution is -1.96. The van der Waals surface area contributed by atoms with E-state index in [1.165, 1.54) is 6.20 Å². The van der Waals surface area contributed by atoms with Crippen molar-refractivity contribution in [3.63, 3.8) is 0 Å². The first-order valence-corrected chi connectivity index (χ1v) is 6.53. The molecule has 0 unspecified atom stereocenters. The first kappa shape index (κ1) is 14.2. The average Bonchev–Trinajstić information content (AvgIpc) is 2.88. The Morgan fingerprint density at radius 3 is 2.64 bits per heavy atom. The van der Waals surface area contributed by atoms with Crippen LogP contribution in [0.1, 0.15) is 10.4 Å².